The van der Waals surface area contributed by atoms with E-state index in [9.17, 15) is 4.79 Å². The van der Waals surface area contributed by atoms with Crippen LogP contribution in [0.1, 0.15) is 43.8 Å². The number of benzene rings is 1. The average Bonchev–Trinajstić information content (AvgIpc) is 3.18. The Kier molecular flexibility index (Phi) is 5.45. The molecule has 1 aliphatic heterocycles. The first-order valence-corrected chi connectivity index (χ1v) is 10.1. The number of aromatic nitrogens is 3. The van der Waals surface area contributed by atoms with Crippen LogP contribution in [0.25, 0.3) is 0 Å². The van der Waals surface area contributed by atoms with Gasteiger partial charge in [-0.2, -0.15) is 4.98 Å². The van der Waals surface area contributed by atoms with Crippen LogP contribution in [0.3, 0.4) is 0 Å². The van der Waals surface area contributed by atoms with Crippen molar-refractivity contribution in [1.82, 2.24) is 15.1 Å². The molecular weight excluding hydrogens is 422 g/mol. The van der Waals surface area contributed by atoms with Crippen molar-refractivity contribution in [2.45, 2.75) is 39.2 Å². The maximum Gasteiger partial charge on any atom is 0.268 e. The van der Waals surface area contributed by atoms with Gasteiger partial charge in [0.2, 0.25) is 5.75 Å². The number of ether oxygens (including phenoxy) is 2. The highest BCUT2D eigenvalue weighted by Crippen LogP contribution is 2.39. The maximum atomic E-state index is 12.7. The summed E-state index contributed by atoms with van der Waals surface area (Å²) in [4.78, 5) is 21.0. The molecule has 2 aromatic heterocycles. The molecule has 31 heavy (non-hydrogen) atoms. The Morgan fingerprint density at radius 3 is 2.84 bits per heavy atom. The summed E-state index contributed by atoms with van der Waals surface area (Å²) in [7, 11) is 0. The molecule has 0 fully saturated rings. The van der Waals surface area contributed by atoms with Gasteiger partial charge in [-0.15, -0.1) is 0 Å². The molecule has 0 aliphatic carbocycles. The van der Waals surface area contributed by atoms with Crippen molar-refractivity contribution >= 4 is 29.1 Å². The monoisotopic (exact) mass is 443 g/mol. The van der Waals surface area contributed by atoms with Gasteiger partial charge in [0.05, 0.1) is 11.1 Å². The Hall–Kier alpha value is -3.33. The predicted octanol–water partition coefficient (Wildman–Crippen LogP) is 4.65. The normalized spacial score (nSPS) is 15.5. The zero-order valence-electron chi connectivity index (χ0n) is 17.5. The second-order valence-electron chi connectivity index (χ2n) is 8.24. The summed E-state index contributed by atoms with van der Waals surface area (Å²) >= 11 is 6.29. The van der Waals surface area contributed by atoms with Gasteiger partial charge in [0, 0.05) is 17.0 Å². The molecule has 9 nitrogen and oxygen atoms in total. The summed E-state index contributed by atoms with van der Waals surface area (Å²) in [5.41, 5.74) is 0.109. The first kappa shape index (κ1) is 20.9. The lowest BCUT2D eigenvalue weighted by Crippen LogP contribution is -2.29. The lowest BCUT2D eigenvalue weighted by molar-refractivity contribution is 0.102. The highest BCUT2D eigenvalue weighted by molar-refractivity contribution is 6.32. The van der Waals surface area contributed by atoms with E-state index in [1.165, 1.54) is 12.4 Å². The van der Waals surface area contributed by atoms with E-state index in [0.717, 1.165) is 0 Å². The minimum Gasteiger partial charge on any atom is -0.483 e. The Bertz CT molecular complexity index is 1130. The van der Waals surface area contributed by atoms with Crippen LogP contribution in [0.15, 0.2) is 35.1 Å². The molecule has 1 aromatic carbocycles. The molecule has 162 valence electrons. The van der Waals surface area contributed by atoms with Crippen LogP contribution in [-0.2, 0) is 5.41 Å². The molecule has 0 radical (unpaired) electrons. The number of nitrogens with zero attached hydrogens (tertiary/aromatic N) is 3. The lowest BCUT2D eigenvalue weighted by Gasteiger charge is -2.24. The number of amides is 1. The molecule has 3 heterocycles. The van der Waals surface area contributed by atoms with Crippen molar-refractivity contribution in [2.75, 3.05) is 17.2 Å². The number of carbonyl (C=O) groups excluding carboxylic acids is 1. The lowest BCUT2D eigenvalue weighted by atomic mass is 9.93. The SMILES string of the molecule is C[C@@H]1COc2c(ncnc2Oc2cc(C(=O)Nc3cc(C(C)(C)C)on3)ccc2Cl)N1. The summed E-state index contributed by atoms with van der Waals surface area (Å²) in [5, 5.41) is 10.1. The molecule has 0 spiro atoms. The second kappa shape index (κ2) is 8.07. The van der Waals surface area contributed by atoms with Gasteiger partial charge in [0.15, 0.2) is 11.6 Å². The molecule has 3 aromatic rings. The van der Waals surface area contributed by atoms with Crippen LogP contribution >= 0.6 is 11.6 Å². The van der Waals surface area contributed by atoms with E-state index in [2.05, 4.69) is 25.8 Å². The minimum absolute atomic E-state index is 0.112. The van der Waals surface area contributed by atoms with E-state index in [0.29, 0.717) is 40.3 Å². The molecular formula is C21H22ClN5O4. The highest BCUT2D eigenvalue weighted by Gasteiger charge is 2.24. The third-order valence-corrected chi connectivity index (χ3v) is 4.84. The molecule has 0 unspecified atom stereocenters. The van der Waals surface area contributed by atoms with Gasteiger partial charge in [0.1, 0.15) is 24.4 Å². The van der Waals surface area contributed by atoms with Crippen LogP contribution in [-0.4, -0.2) is 33.7 Å². The third kappa shape index (κ3) is 4.56. The number of carbonyl (C=O) groups is 1. The summed E-state index contributed by atoms with van der Waals surface area (Å²) in [5.74, 6) is 2.00. The van der Waals surface area contributed by atoms with E-state index in [1.807, 2.05) is 27.7 Å². The van der Waals surface area contributed by atoms with Gasteiger partial charge < -0.3 is 24.6 Å². The fourth-order valence-electron chi connectivity index (χ4n) is 2.85. The molecule has 10 heteroatoms. The van der Waals surface area contributed by atoms with E-state index in [1.54, 1.807) is 18.2 Å². The van der Waals surface area contributed by atoms with Crippen LogP contribution < -0.4 is 20.1 Å². The Morgan fingerprint density at radius 1 is 1.29 bits per heavy atom. The maximum absolute atomic E-state index is 12.7. The van der Waals surface area contributed by atoms with Crippen LogP contribution in [0, 0.1) is 0 Å². The van der Waals surface area contributed by atoms with Crippen molar-refractivity contribution in [3.8, 4) is 17.4 Å². The number of nitrogens with one attached hydrogen (secondary N) is 2. The summed E-state index contributed by atoms with van der Waals surface area (Å²) in [6.07, 6.45) is 1.37. The summed E-state index contributed by atoms with van der Waals surface area (Å²) in [6, 6.07) is 6.50. The van der Waals surface area contributed by atoms with Gasteiger partial charge in [-0.05, 0) is 25.1 Å². The van der Waals surface area contributed by atoms with Crippen molar-refractivity contribution < 1.29 is 18.8 Å². The van der Waals surface area contributed by atoms with E-state index >= 15 is 0 Å². The molecule has 1 amide bonds. The molecule has 1 aliphatic rings. The number of hydrogen-bond donors (Lipinski definition) is 2. The zero-order chi connectivity index (χ0) is 22.2. The fourth-order valence-corrected chi connectivity index (χ4v) is 3.01. The summed E-state index contributed by atoms with van der Waals surface area (Å²) < 4.78 is 16.9. The highest BCUT2D eigenvalue weighted by atomic mass is 35.5. The van der Waals surface area contributed by atoms with Gasteiger partial charge in [-0.25, -0.2) is 4.98 Å². The molecule has 2 N–H and O–H groups in total. The molecule has 0 saturated carbocycles. The topological polar surface area (TPSA) is 111 Å². The first-order chi connectivity index (χ1) is 14.7. The fraction of sp³-hybridized carbons (Fsp3) is 0.333. The van der Waals surface area contributed by atoms with Crippen LogP contribution in [0.2, 0.25) is 5.02 Å². The third-order valence-electron chi connectivity index (χ3n) is 4.52. The van der Waals surface area contributed by atoms with Gasteiger partial charge in [-0.3, -0.25) is 4.79 Å². The standard InChI is InChI=1S/C21H22ClN5O4/c1-11-9-29-17-18(25-11)23-10-24-20(17)30-14-7-12(5-6-13(14)22)19(28)26-16-8-15(31-27-16)21(2,3)4/h5-8,10-11H,9H2,1-4H3,(H,23,24,25)(H,26,27,28)/t11-/m1/s1. The second-order valence-corrected chi connectivity index (χ2v) is 8.65. The van der Waals surface area contributed by atoms with Crippen LogP contribution in [0.5, 0.6) is 17.4 Å². The Balaban J connectivity index is 1.55. The Labute approximate surface area is 184 Å². The minimum atomic E-state index is -0.383. The first-order valence-electron chi connectivity index (χ1n) is 9.71. The van der Waals surface area contributed by atoms with Gasteiger partial charge in [0.25, 0.3) is 11.8 Å². The zero-order valence-corrected chi connectivity index (χ0v) is 18.3. The molecule has 0 saturated heterocycles. The number of rotatable bonds is 4. The summed E-state index contributed by atoms with van der Waals surface area (Å²) in [6.45, 7) is 8.40. The largest absolute Gasteiger partial charge is 0.483 e. The Morgan fingerprint density at radius 2 is 2.10 bits per heavy atom. The number of hydrogen-bond acceptors (Lipinski definition) is 8. The van der Waals surface area contributed by atoms with E-state index < -0.39 is 0 Å². The smallest absolute Gasteiger partial charge is 0.268 e. The number of fused-ring (bicyclic) bond motifs is 1. The van der Waals surface area contributed by atoms with E-state index in [4.69, 9.17) is 25.6 Å². The van der Waals surface area contributed by atoms with Gasteiger partial charge >= 0.3 is 0 Å². The van der Waals surface area contributed by atoms with Crippen molar-refractivity contribution in [3.05, 3.63) is 46.9 Å². The van der Waals surface area contributed by atoms with Crippen molar-refractivity contribution in [3.63, 3.8) is 0 Å². The number of halogens is 1. The van der Waals surface area contributed by atoms with Crippen LogP contribution in [0.4, 0.5) is 11.6 Å². The van der Waals surface area contributed by atoms with Crippen molar-refractivity contribution in [1.29, 1.82) is 0 Å². The number of anilines is 2. The quantitative estimate of drug-likeness (QED) is 0.599. The van der Waals surface area contributed by atoms with Gasteiger partial charge in [-0.1, -0.05) is 37.5 Å². The molecule has 4 rings (SSSR count). The predicted molar refractivity (Wildman–Crippen MR) is 115 cm³/mol. The molecule has 1 atom stereocenters. The van der Waals surface area contributed by atoms with Crippen molar-refractivity contribution in [2.24, 2.45) is 0 Å². The average molecular weight is 444 g/mol. The van der Waals surface area contributed by atoms with E-state index in [-0.39, 0.29) is 29.0 Å². The molecule has 0 bridgehead atoms.